The average molecular weight is 468 g/mol. The van der Waals surface area contributed by atoms with Gasteiger partial charge >= 0.3 is 6.09 Å². The molecule has 3 atom stereocenters. The van der Waals surface area contributed by atoms with E-state index in [0.29, 0.717) is 24.4 Å². The van der Waals surface area contributed by atoms with Crippen LogP contribution in [0.25, 0.3) is 0 Å². The summed E-state index contributed by atoms with van der Waals surface area (Å²) >= 11 is 8.02. The molecule has 2 aliphatic heterocycles. The Balaban J connectivity index is 1.33. The van der Waals surface area contributed by atoms with Gasteiger partial charge in [0.25, 0.3) is 0 Å². The second-order valence-electron chi connectivity index (χ2n) is 8.05. The number of hydrogen-bond donors (Lipinski definition) is 1. The van der Waals surface area contributed by atoms with Gasteiger partial charge in [-0.15, -0.1) is 11.3 Å². The van der Waals surface area contributed by atoms with E-state index < -0.39 is 6.09 Å². The first-order valence-corrected chi connectivity index (χ1v) is 11.8. The monoisotopic (exact) mass is 467 g/mol. The lowest BCUT2D eigenvalue weighted by molar-refractivity contribution is 0.0857. The maximum Gasteiger partial charge on any atom is 0.407 e. The zero-order valence-electron chi connectivity index (χ0n) is 17.2. The predicted molar refractivity (Wildman–Crippen MR) is 124 cm³/mol. The molecule has 32 heavy (non-hydrogen) atoms. The first-order valence-electron chi connectivity index (χ1n) is 10.6. The summed E-state index contributed by atoms with van der Waals surface area (Å²) in [6, 6.07) is 17.2. The number of amides is 1. The van der Waals surface area contributed by atoms with Gasteiger partial charge in [-0.1, -0.05) is 65.3 Å². The Bertz CT molecular complexity index is 1150. The predicted octanol–water partition coefficient (Wildman–Crippen LogP) is 6.26. The quantitative estimate of drug-likeness (QED) is 0.491. The molecule has 0 bridgehead atoms. The van der Waals surface area contributed by atoms with Crippen molar-refractivity contribution in [3.63, 3.8) is 0 Å². The maximum atomic E-state index is 11.9. The van der Waals surface area contributed by atoms with Gasteiger partial charge in [0.05, 0.1) is 16.7 Å². The second kappa shape index (κ2) is 8.92. The van der Waals surface area contributed by atoms with Crippen LogP contribution in [0.1, 0.15) is 59.2 Å². The molecule has 1 saturated heterocycles. The van der Waals surface area contributed by atoms with Crippen LogP contribution in [0, 0.1) is 0 Å². The van der Waals surface area contributed by atoms with Crippen molar-refractivity contribution in [2.24, 2.45) is 5.16 Å². The Kier molecular flexibility index (Phi) is 5.85. The molecule has 3 unspecified atom stereocenters. The van der Waals surface area contributed by atoms with Gasteiger partial charge in [0.1, 0.15) is 5.71 Å². The summed E-state index contributed by atoms with van der Waals surface area (Å²) < 4.78 is 0. The molecule has 3 heterocycles. The van der Waals surface area contributed by atoms with Crippen LogP contribution in [-0.2, 0) is 4.84 Å². The normalized spacial score (nSPS) is 23.0. The van der Waals surface area contributed by atoms with E-state index in [1.807, 2.05) is 60.0 Å². The van der Waals surface area contributed by atoms with Gasteiger partial charge in [-0.3, -0.25) is 0 Å². The number of carboxylic acid groups (broad SMARTS) is 1. The van der Waals surface area contributed by atoms with Crippen LogP contribution < -0.4 is 0 Å². The number of benzene rings is 2. The third-order valence-corrected chi connectivity index (χ3v) is 7.47. The van der Waals surface area contributed by atoms with Crippen molar-refractivity contribution in [2.75, 3.05) is 6.54 Å². The molecule has 8 heteroatoms. The minimum Gasteiger partial charge on any atom is -0.465 e. The van der Waals surface area contributed by atoms with Crippen molar-refractivity contribution in [3.8, 4) is 0 Å². The zero-order valence-corrected chi connectivity index (χ0v) is 18.8. The molecule has 164 valence electrons. The maximum absolute atomic E-state index is 11.9. The molecule has 0 radical (unpaired) electrons. The summed E-state index contributed by atoms with van der Waals surface area (Å²) in [4.78, 5) is 23.9. The number of likely N-dealkylation sites (tertiary alicyclic amines) is 1. The highest BCUT2D eigenvalue weighted by atomic mass is 35.5. The molecule has 6 nitrogen and oxygen atoms in total. The third kappa shape index (κ3) is 4.10. The summed E-state index contributed by atoms with van der Waals surface area (Å²) in [5, 5.41) is 17.6. The Hall–Kier alpha value is -2.90. The molecule has 0 aliphatic carbocycles. The summed E-state index contributed by atoms with van der Waals surface area (Å²) in [5.41, 5.74) is 3.65. The first-order chi connectivity index (χ1) is 15.6. The van der Waals surface area contributed by atoms with Crippen LogP contribution in [-0.4, -0.2) is 33.3 Å². The number of halogens is 1. The van der Waals surface area contributed by atoms with E-state index >= 15 is 0 Å². The van der Waals surface area contributed by atoms with Crippen molar-refractivity contribution < 1.29 is 14.7 Å². The van der Waals surface area contributed by atoms with Gasteiger partial charge in [-0.25, -0.2) is 9.78 Å². The van der Waals surface area contributed by atoms with Gasteiger partial charge < -0.3 is 14.8 Å². The fraction of sp³-hybridized carbons (Fsp3) is 0.292. The lowest BCUT2D eigenvalue weighted by atomic mass is 9.87. The van der Waals surface area contributed by atoms with E-state index in [2.05, 4.69) is 5.16 Å². The van der Waals surface area contributed by atoms with E-state index in [9.17, 15) is 9.90 Å². The minimum atomic E-state index is -0.919. The molecule has 1 aromatic heterocycles. The van der Waals surface area contributed by atoms with E-state index in [0.717, 1.165) is 34.0 Å². The van der Waals surface area contributed by atoms with Crippen LogP contribution >= 0.6 is 22.9 Å². The van der Waals surface area contributed by atoms with Crippen LogP contribution in [0.15, 0.2) is 65.1 Å². The van der Waals surface area contributed by atoms with Crippen molar-refractivity contribution in [1.29, 1.82) is 0 Å². The standard InChI is InChI=1S/C24H22ClN3O3S/c25-18-9-5-4-8-17(18)21-12-16(10-11-28(21)24(29)30)23-26-20(14-32-23)19-13-22(31-27-19)15-6-2-1-3-7-15/h1-9,14,16,21-22H,10-13H2,(H,29,30). The first kappa shape index (κ1) is 21.0. The number of thiazole rings is 1. The van der Waals surface area contributed by atoms with Crippen molar-refractivity contribution in [3.05, 3.63) is 86.8 Å². The molecule has 5 rings (SSSR count). The molecule has 1 fully saturated rings. The molecular weight excluding hydrogens is 446 g/mol. The highest BCUT2D eigenvalue weighted by Gasteiger charge is 2.36. The van der Waals surface area contributed by atoms with Gasteiger partial charge in [0.2, 0.25) is 0 Å². The summed E-state index contributed by atoms with van der Waals surface area (Å²) in [5.74, 6) is 0.165. The Morgan fingerprint density at radius 2 is 1.94 bits per heavy atom. The number of nitrogens with zero attached hydrogens (tertiary/aromatic N) is 3. The summed E-state index contributed by atoms with van der Waals surface area (Å²) in [7, 11) is 0. The zero-order chi connectivity index (χ0) is 22.1. The molecule has 3 aromatic rings. The highest BCUT2D eigenvalue weighted by Crippen LogP contribution is 2.42. The number of aromatic nitrogens is 1. The highest BCUT2D eigenvalue weighted by molar-refractivity contribution is 7.10. The van der Waals surface area contributed by atoms with Crippen molar-refractivity contribution in [2.45, 2.75) is 37.3 Å². The van der Waals surface area contributed by atoms with E-state index in [4.69, 9.17) is 21.4 Å². The number of hydrogen-bond acceptors (Lipinski definition) is 5. The molecule has 1 N–H and O–H groups in total. The molecule has 0 spiro atoms. The van der Waals surface area contributed by atoms with Crippen molar-refractivity contribution in [1.82, 2.24) is 9.88 Å². The molecular formula is C24H22ClN3O3S. The number of piperidine rings is 1. The van der Waals surface area contributed by atoms with Gasteiger partial charge in [0.15, 0.2) is 6.10 Å². The minimum absolute atomic E-state index is 0.0836. The fourth-order valence-corrected chi connectivity index (χ4v) is 5.68. The van der Waals surface area contributed by atoms with Crippen molar-refractivity contribution >= 4 is 34.7 Å². The van der Waals surface area contributed by atoms with E-state index in [-0.39, 0.29) is 18.1 Å². The average Bonchev–Trinajstić information content (AvgIpc) is 3.50. The van der Waals surface area contributed by atoms with Crippen LogP contribution in [0.2, 0.25) is 5.02 Å². The molecule has 2 aliphatic rings. The van der Waals surface area contributed by atoms with E-state index in [1.165, 1.54) is 4.90 Å². The molecule has 0 saturated carbocycles. The summed E-state index contributed by atoms with van der Waals surface area (Å²) in [6.45, 7) is 0.449. The number of carbonyl (C=O) groups is 1. The fourth-order valence-electron chi connectivity index (χ4n) is 4.44. The Labute approximate surface area is 195 Å². The third-order valence-electron chi connectivity index (χ3n) is 6.12. The second-order valence-corrected chi connectivity index (χ2v) is 9.35. The Morgan fingerprint density at radius 3 is 2.72 bits per heavy atom. The lowest BCUT2D eigenvalue weighted by Gasteiger charge is -2.37. The SMILES string of the molecule is O=C(O)N1CCC(c2nc(C3=NOC(c4ccccc4)C3)cs2)CC1c1ccccc1Cl. The Morgan fingerprint density at radius 1 is 1.16 bits per heavy atom. The molecule has 2 aromatic carbocycles. The van der Waals surface area contributed by atoms with Crippen LogP contribution in [0.4, 0.5) is 4.79 Å². The smallest absolute Gasteiger partial charge is 0.407 e. The van der Waals surface area contributed by atoms with Gasteiger partial charge in [-0.2, -0.15) is 0 Å². The topological polar surface area (TPSA) is 75.0 Å². The largest absolute Gasteiger partial charge is 0.465 e. The summed E-state index contributed by atoms with van der Waals surface area (Å²) in [6.07, 6.45) is 1.07. The van der Waals surface area contributed by atoms with E-state index in [1.54, 1.807) is 11.3 Å². The lowest BCUT2D eigenvalue weighted by Crippen LogP contribution is -2.39. The van der Waals surface area contributed by atoms with Crippen LogP contribution in [0.3, 0.4) is 0 Å². The number of oxime groups is 1. The number of rotatable bonds is 4. The van der Waals surface area contributed by atoms with Gasteiger partial charge in [-0.05, 0) is 30.0 Å². The van der Waals surface area contributed by atoms with Crippen LogP contribution in [0.5, 0.6) is 0 Å². The molecule has 1 amide bonds. The van der Waals surface area contributed by atoms with Gasteiger partial charge in [0, 0.05) is 29.3 Å².